The van der Waals surface area contributed by atoms with Crippen LogP contribution in [0.15, 0.2) is 45.1 Å². The second kappa shape index (κ2) is 5.98. The molecule has 2 heterocycles. The lowest BCUT2D eigenvalue weighted by Gasteiger charge is -2.18. The maximum absolute atomic E-state index is 14.3. The highest BCUT2D eigenvalue weighted by atomic mass is 79.9. The van der Waals surface area contributed by atoms with Crippen molar-refractivity contribution in [3.05, 3.63) is 67.9 Å². The molecule has 0 fully saturated rings. The first-order valence-corrected chi connectivity index (χ1v) is 8.25. The third-order valence-electron chi connectivity index (χ3n) is 3.47. The summed E-state index contributed by atoms with van der Waals surface area (Å²) in [6.45, 7) is 1.29. The lowest BCUT2D eigenvalue weighted by atomic mass is 10.0. The zero-order valence-electron chi connectivity index (χ0n) is 11.8. The van der Waals surface area contributed by atoms with Crippen LogP contribution < -0.4 is 5.56 Å². The molecule has 3 aromatic rings. The zero-order valence-corrected chi connectivity index (χ0v) is 14.2. The van der Waals surface area contributed by atoms with Crippen LogP contribution in [0.1, 0.15) is 18.5 Å². The maximum atomic E-state index is 14.3. The van der Waals surface area contributed by atoms with Crippen molar-refractivity contribution < 1.29 is 13.6 Å². The normalized spacial score (nSPS) is 12.5. The number of thiophene rings is 1. The summed E-state index contributed by atoms with van der Waals surface area (Å²) in [5, 5.41) is 0.199. The zero-order chi connectivity index (χ0) is 16.7. The van der Waals surface area contributed by atoms with E-state index in [0.717, 1.165) is 22.1 Å². The SMILES string of the molecule is CC(=O)C(c1cccc(F)c1)n1cc(F)c2cc(Br)sc2c1=O. The predicted molar refractivity (Wildman–Crippen MR) is 89.0 cm³/mol. The molecule has 118 valence electrons. The minimum atomic E-state index is -1.07. The van der Waals surface area contributed by atoms with E-state index in [0.29, 0.717) is 9.35 Å². The Morgan fingerprint density at radius 1 is 1.30 bits per heavy atom. The fourth-order valence-corrected chi connectivity index (χ4v) is 4.07. The van der Waals surface area contributed by atoms with Gasteiger partial charge in [0.2, 0.25) is 0 Å². The number of carbonyl (C=O) groups is 1. The second-order valence-electron chi connectivity index (χ2n) is 5.05. The summed E-state index contributed by atoms with van der Waals surface area (Å²) < 4.78 is 29.6. The number of benzene rings is 1. The van der Waals surface area contributed by atoms with Gasteiger partial charge in [-0.25, -0.2) is 8.78 Å². The number of pyridine rings is 1. The number of carbonyl (C=O) groups excluding carboxylic acids is 1. The van der Waals surface area contributed by atoms with Gasteiger partial charge < -0.3 is 0 Å². The van der Waals surface area contributed by atoms with Crippen LogP contribution in [0, 0.1) is 11.6 Å². The van der Waals surface area contributed by atoms with Gasteiger partial charge in [-0.2, -0.15) is 0 Å². The standard InChI is InChI=1S/C16H10BrF2NO2S/c1-8(21)14(9-3-2-4-10(18)5-9)20-7-12(19)11-6-13(17)23-15(11)16(20)22/h2-7,14H,1H3. The van der Waals surface area contributed by atoms with Gasteiger partial charge in [-0.1, -0.05) is 12.1 Å². The van der Waals surface area contributed by atoms with E-state index in [2.05, 4.69) is 15.9 Å². The van der Waals surface area contributed by atoms with Crippen molar-refractivity contribution in [3.63, 3.8) is 0 Å². The maximum Gasteiger partial charge on any atom is 0.269 e. The Bertz CT molecular complexity index is 980. The first kappa shape index (κ1) is 16.0. The van der Waals surface area contributed by atoms with E-state index < -0.39 is 23.2 Å². The summed E-state index contributed by atoms with van der Waals surface area (Å²) >= 11 is 4.32. The van der Waals surface area contributed by atoms with Crippen molar-refractivity contribution in [2.24, 2.45) is 0 Å². The number of nitrogens with zero attached hydrogens (tertiary/aromatic N) is 1. The molecule has 23 heavy (non-hydrogen) atoms. The fraction of sp³-hybridized carbons (Fsp3) is 0.125. The van der Waals surface area contributed by atoms with Gasteiger partial charge in [0.1, 0.15) is 22.4 Å². The molecule has 1 unspecified atom stereocenters. The molecule has 2 aromatic heterocycles. The average molecular weight is 398 g/mol. The van der Waals surface area contributed by atoms with Gasteiger partial charge >= 0.3 is 0 Å². The van der Waals surface area contributed by atoms with Crippen LogP contribution in [0.4, 0.5) is 8.78 Å². The van der Waals surface area contributed by atoms with E-state index in [4.69, 9.17) is 0 Å². The van der Waals surface area contributed by atoms with Crippen LogP contribution in [-0.2, 0) is 4.79 Å². The Hall–Kier alpha value is -1.86. The monoisotopic (exact) mass is 397 g/mol. The van der Waals surface area contributed by atoms with Crippen LogP contribution in [0.25, 0.3) is 10.1 Å². The van der Waals surface area contributed by atoms with Crippen LogP contribution in [0.2, 0.25) is 0 Å². The van der Waals surface area contributed by atoms with Gasteiger partial charge in [0, 0.05) is 11.6 Å². The van der Waals surface area contributed by atoms with Crippen LogP contribution >= 0.6 is 27.3 Å². The predicted octanol–water partition coefficient (Wildman–Crippen LogP) is 4.28. The highest BCUT2D eigenvalue weighted by molar-refractivity contribution is 9.11. The van der Waals surface area contributed by atoms with Gasteiger partial charge in [-0.15, -0.1) is 11.3 Å². The first-order valence-electron chi connectivity index (χ1n) is 6.64. The Balaban J connectivity index is 2.29. The molecule has 0 radical (unpaired) electrons. The van der Waals surface area contributed by atoms with E-state index in [1.807, 2.05) is 0 Å². The number of Topliss-reactive ketones (excluding diaryl/α,β-unsaturated/α-hetero) is 1. The van der Waals surface area contributed by atoms with Gasteiger partial charge in [-0.05, 0) is 46.6 Å². The number of halogens is 3. The number of ketones is 1. The molecule has 1 atom stereocenters. The van der Waals surface area contributed by atoms with Crippen molar-refractivity contribution in [3.8, 4) is 0 Å². The van der Waals surface area contributed by atoms with Crippen molar-refractivity contribution in [2.75, 3.05) is 0 Å². The molecule has 0 saturated heterocycles. The number of fused-ring (bicyclic) bond motifs is 1. The third kappa shape index (κ3) is 2.86. The summed E-state index contributed by atoms with van der Waals surface area (Å²) in [5.41, 5.74) is -0.185. The summed E-state index contributed by atoms with van der Waals surface area (Å²) in [6.07, 6.45) is 1.00. The number of rotatable bonds is 3. The molecule has 0 saturated carbocycles. The van der Waals surface area contributed by atoms with E-state index >= 15 is 0 Å². The van der Waals surface area contributed by atoms with Gasteiger partial charge in [-0.3, -0.25) is 14.2 Å². The molecule has 0 amide bonds. The Labute approximate surface area is 142 Å². The Kier molecular flexibility index (Phi) is 4.16. The minimum Gasteiger partial charge on any atom is -0.297 e. The molecular formula is C16H10BrF2NO2S. The lowest BCUT2D eigenvalue weighted by Crippen LogP contribution is -2.29. The highest BCUT2D eigenvalue weighted by Gasteiger charge is 2.23. The molecule has 0 aliphatic carbocycles. The molecule has 0 N–H and O–H groups in total. The molecule has 3 nitrogen and oxygen atoms in total. The average Bonchev–Trinajstić information content (AvgIpc) is 2.87. The highest BCUT2D eigenvalue weighted by Crippen LogP contribution is 2.30. The molecule has 0 aliphatic rings. The molecule has 3 rings (SSSR count). The van der Waals surface area contributed by atoms with Gasteiger partial charge in [0.15, 0.2) is 5.78 Å². The van der Waals surface area contributed by atoms with Crippen LogP contribution in [0.3, 0.4) is 0 Å². The topological polar surface area (TPSA) is 39.1 Å². The second-order valence-corrected chi connectivity index (χ2v) is 7.48. The smallest absolute Gasteiger partial charge is 0.269 e. The van der Waals surface area contributed by atoms with E-state index in [1.54, 1.807) is 0 Å². The van der Waals surface area contributed by atoms with Gasteiger partial charge in [0.25, 0.3) is 5.56 Å². The van der Waals surface area contributed by atoms with Crippen molar-refractivity contribution in [2.45, 2.75) is 13.0 Å². The fourth-order valence-electron chi connectivity index (χ4n) is 2.52. The molecule has 0 spiro atoms. The number of aromatic nitrogens is 1. The summed E-state index contributed by atoms with van der Waals surface area (Å²) in [6, 6.07) is 5.84. The van der Waals surface area contributed by atoms with Crippen molar-refractivity contribution >= 4 is 43.1 Å². The quantitative estimate of drug-likeness (QED) is 0.661. The Morgan fingerprint density at radius 3 is 2.70 bits per heavy atom. The molecule has 1 aromatic carbocycles. The first-order chi connectivity index (χ1) is 10.9. The summed E-state index contributed by atoms with van der Waals surface area (Å²) in [4.78, 5) is 24.7. The van der Waals surface area contributed by atoms with Crippen LogP contribution in [0.5, 0.6) is 0 Å². The Morgan fingerprint density at radius 2 is 2.04 bits per heavy atom. The lowest BCUT2D eigenvalue weighted by molar-refractivity contribution is -0.119. The summed E-state index contributed by atoms with van der Waals surface area (Å²) in [5.74, 6) is -1.52. The van der Waals surface area contributed by atoms with Crippen molar-refractivity contribution in [1.29, 1.82) is 0 Å². The minimum absolute atomic E-state index is 0.199. The van der Waals surface area contributed by atoms with Crippen molar-refractivity contribution in [1.82, 2.24) is 4.57 Å². The molecule has 7 heteroatoms. The summed E-state index contributed by atoms with van der Waals surface area (Å²) in [7, 11) is 0. The van der Waals surface area contributed by atoms with E-state index in [9.17, 15) is 18.4 Å². The molecule has 0 aliphatic heterocycles. The molecular weight excluding hydrogens is 388 g/mol. The van der Waals surface area contributed by atoms with E-state index in [-0.39, 0.29) is 15.9 Å². The van der Waals surface area contributed by atoms with Crippen LogP contribution in [-0.4, -0.2) is 10.4 Å². The number of hydrogen-bond donors (Lipinski definition) is 0. The number of hydrogen-bond acceptors (Lipinski definition) is 3. The third-order valence-corrected chi connectivity index (χ3v) is 5.09. The van der Waals surface area contributed by atoms with Gasteiger partial charge in [0.05, 0.1) is 3.79 Å². The van der Waals surface area contributed by atoms with E-state index in [1.165, 1.54) is 37.3 Å². The largest absolute Gasteiger partial charge is 0.297 e. The molecule has 0 bridgehead atoms.